The van der Waals surface area contributed by atoms with Crippen molar-refractivity contribution < 1.29 is 8.85 Å². The Morgan fingerprint density at radius 1 is 1.11 bits per heavy atom. The zero-order chi connectivity index (χ0) is 13.6. The van der Waals surface area contributed by atoms with Gasteiger partial charge in [0.2, 0.25) is 0 Å². The van der Waals surface area contributed by atoms with Crippen LogP contribution in [0.1, 0.15) is 37.3 Å². The van der Waals surface area contributed by atoms with Gasteiger partial charge in [0.05, 0.1) is 0 Å². The number of rotatable bonds is 7. The monoisotopic (exact) mass is 266 g/mol. The lowest BCUT2D eigenvalue weighted by molar-refractivity contribution is 0.249. The summed E-state index contributed by atoms with van der Waals surface area (Å²) in [7, 11) is 1.58. The van der Waals surface area contributed by atoms with E-state index in [1.54, 1.807) is 14.2 Å². The molecule has 1 aromatic rings. The molecule has 0 N–H and O–H groups in total. The van der Waals surface area contributed by atoms with E-state index in [0.29, 0.717) is 5.92 Å². The summed E-state index contributed by atoms with van der Waals surface area (Å²) in [4.78, 5) is 0. The molecule has 0 bridgehead atoms. The van der Waals surface area contributed by atoms with E-state index in [1.807, 2.05) is 0 Å². The molecule has 0 fully saturated rings. The molecule has 0 heterocycles. The first-order valence-electron chi connectivity index (χ1n) is 6.73. The third kappa shape index (κ3) is 4.23. The van der Waals surface area contributed by atoms with Gasteiger partial charge in [-0.3, -0.25) is 0 Å². The predicted molar refractivity (Wildman–Crippen MR) is 79.3 cm³/mol. The fourth-order valence-electron chi connectivity index (χ4n) is 1.91. The minimum Gasteiger partial charge on any atom is -0.398 e. The van der Waals surface area contributed by atoms with Crippen LogP contribution in [0.15, 0.2) is 24.3 Å². The molecule has 0 aromatic heterocycles. The molecule has 1 atom stereocenters. The minimum absolute atomic E-state index is 0.650. The second kappa shape index (κ2) is 7.07. The smallest absolute Gasteiger partial charge is 0.334 e. The van der Waals surface area contributed by atoms with E-state index >= 15 is 0 Å². The van der Waals surface area contributed by atoms with Crippen molar-refractivity contribution in [3.8, 4) is 0 Å². The average molecular weight is 266 g/mol. The fraction of sp³-hybridized carbons (Fsp3) is 0.600. The second-order valence-corrected chi connectivity index (χ2v) is 8.68. The van der Waals surface area contributed by atoms with E-state index in [2.05, 4.69) is 44.7 Å². The molecule has 0 spiro atoms. The summed E-state index contributed by atoms with van der Waals surface area (Å²) in [6, 6.07) is 9.98. The van der Waals surface area contributed by atoms with Crippen LogP contribution in [0.3, 0.4) is 0 Å². The molecule has 102 valence electrons. The van der Waals surface area contributed by atoms with E-state index in [4.69, 9.17) is 8.85 Å². The van der Waals surface area contributed by atoms with Crippen LogP contribution in [0, 0.1) is 0 Å². The zero-order valence-electron chi connectivity index (χ0n) is 12.3. The average Bonchev–Trinajstić information content (AvgIpc) is 2.44. The summed E-state index contributed by atoms with van der Waals surface area (Å²) in [6.07, 6.45) is 2.23. The van der Waals surface area contributed by atoms with Crippen molar-refractivity contribution in [1.82, 2.24) is 0 Å². The van der Waals surface area contributed by atoms with Crippen molar-refractivity contribution in [1.29, 1.82) is 0 Å². The van der Waals surface area contributed by atoms with Crippen molar-refractivity contribution >= 4 is 8.56 Å². The van der Waals surface area contributed by atoms with E-state index in [1.165, 1.54) is 17.5 Å². The first-order chi connectivity index (χ1) is 8.54. The number of hydrogen-bond donors (Lipinski definition) is 0. The van der Waals surface area contributed by atoms with Gasteiger partial charge >= 0.3 is 8.56 Å². The molecular weight excluding hydrogens is 240 g/mol. The van der Waals surface area contributed by atoms with Gasteiger partial charge in [-0.05, 0) is 42.5 Å². The van der Waals surface area contributed by atoms with Gasteiger partial charge in [-0.1, -0.05) is 38.1 Å². The Bertz CT molecular complexity index is 344. The topological polar surface area (TPSA) is 18.5 Å². The first-order valence-corrected chi connectivity index (χ1v) is 9.26. The SMILES string of the molecule is CCC(C)c1ccc(CC[Si](C)(OC)OC)cc1. The highest BCUT2D eigenvalue weighted by Gasteiger charge is 2.27. The van der Waals surface area contributed by atoms with Crippen LogP contribution in [0.4, 0.5) is 0 Å². The largest absolute Gasteiger partial charge is 0.398 e. The van der Waals surface area contributed by atoms with Gasteiger partial charge in [-0.2, -0.15) is 0 Å². The summed E-state index contributed by atoms with van der Waals surface area (Å²) >= 11 is 0. The molecule has 0 aliphatic carbocycles. The molecule has 0 radical (unpaired) electrons. The predicted octanol–water partition coefficient (Wildman–Crippen LogP) is 4.11. The van der Waals surface area contributed by atoms with Crippen molar-refractivity contribution in [2.24, 2.45) is 0 Å². The Morgan fingerprint density at radius 3 is 2.11 bits per heavy atom. The van der Waals surface area contributed by atoms with Gasteiger partial charge in [0.1, 0.15) is 0 Å². The van der Waals surface area contributed by atoms with Crippen molar-refractivity contribution in [2.45, 2.75) is 45.2 Å². The molecule has 0 aliphatic rings. The number of benzene rings is 1. The lowest BCUT2D eigenvalue weighted by Crippen LogP contribution is -2.36. The number of hydrogen-bond acceptors (Lipinski definition) is 2. The van der Waals surface area contributed by atoms with Crippen LogP contribution in [-0.4, -0.2) is 22.8 Å². The third-order valence-electron chi connectivity index (χ3n) is 3.89. The minimum atomic E-state index is -1.92. The van der Waals surface area contributed by atoms with Crippen LogP contribution in [0.2, 0.25) is 12.6 Å². The van der Waals surface area contributed by atoms with Gasteiger partial charge in [-0.15, -0.1) is 0 Å². The highest BCUT2D eigenvalue weighted by Crippen LogP contribution is 2.21. The van der Waals surface area contributed by atoms with Crippen LogP contribution in [0.5, 0.6) is 0 Å². The van der Waals surface area contributed by atoms with Crippen molar-refractivity contribution in [3.05, 3.63) is 35.4 Å². The Morgan fingerprint density at radius 2 is 1.67 bits per heavy atom. The maximum Gasteiger partial charge on any atom is 0.334 e. The van der Waals surface area contributed by atoms with Crippen LogP contribution in [-0.2, 0) is 15.3 Å². The molecule has 3 heteroatoms. The molecule has 1 unspecified atom stereocenters. The summed E-state index contributed by atoms with van der Waals surface area (Å²) in [6.45, 7) is 6.61. The van der Waals surface area contributed by atoms with Crippen LogP contribution >= 0.6 is 0 Å². The standard InChI is InChI=1S/C15H26O2Si/c1-6-13(2)15-9-7-14(8-10-15)11-12-18(5,16-3)17-4/h7-10,13H,6,11-12H2,1-5H3. The van der Waals surface area contributed by atoms with Gasteiger partial charge in [0.25, 0.3) is 0 Å². The lowest BCUT2D eigenvalue weighted by atomic mass is 9.97. The fourth-order valence-corrected chi connectivity index (χ4v) is 3.23. The summed E-state index contributed by atoms with van der Waals surface area (Å²) in [5, 5.41) is 0. The second-order valence-electron chi connectivity index (χ2n) is 5.09. The molecule has 1 rings (SSSR count). The Labute approximate surface area is 113 Å². The van der Waals surface area contributed by atoms with E-state index < -0.39 is 8.56 Å². The molecule has 0 saturated carbocycles. The summed E-state index contributed by atoms with van der Waals surface area (Å²) in [5.41, 5.74) is 2.80. The summed E-state index contributed by atoms with van der Waals surface area (Å²) in [5.74, 6) is 0.650. The lowest BCUT2D eigenvalue weighted by Gasteiger charge is -2.22. The zero-order valence-corrected chi connectivity index (χ0v) is 13.3. The highest BCUT2D eigenvalue weighted by atomic mass is 28.4. The molecule has 0 amide bonds. The van der Waals surface area contributed by atoms with Gasteiger partial charge in [-0.25, -0.2) is 0 Å². The third-order valence-corrected chi connectivity index (χ3v) is 6.78. The van der Waals surface area contributed by atoms with E-state index in [9.17, 15) is 0 Å². The first kappa shape index (κ1) is 15.4. The Balaban J connectivity index is 2.59. The molecular formula is C15H26O2Si. The number of aryl methyl sites for hydroxylation is 1. The molecule has 2 nitrogen and oxygen atoms in total. The Kier molecular flexibility index (Phi) is 6.06. The van der Waals surface area contributed by atoms with Crippen molar-refractivity contribution in [2.75, 3.05) is 14.2 Å². The van der Waals surface area contributed by atoms with Gasteiger partial charge in [0.15, 0.2) is 0 Å². The maximum atomic E-state index is 5.50. The maximum absolute atomic E-state index is 5.50. The van der Waals surface area contributed by atoms with Crippen LogP contribution in [0.25, 0.3) is 0 Å². The quantitative estimate of drug-likeness (QED) is 0.692. The molecule has 1 aromatic carbocycles. The van der Waals surface area contributed by atoms with Crippen LogP contribution < -0.4 is 0 Å². The van der Waals surface area contributed by atoms with Gasteiger partial charge < -0.3 is 8.85 Å². The Hall–Kier alpha value is -0.643. The molecule has 0 saturated heterocycles. The molecule has 0 aliphatic heterocycles. The summed E-state index contributed by atoms with van der Waals surface area (Å²) < 4.78 is 11.0. The van der Waals surface area contributed by atoms with E-state index in [0.717, 1.165) is 12.5 Å². The van der Waals surface area contributed by atoms with E-state index in [-0.39, 0.29) is 0 Å². The normalized spacial score (nSPS) is 13.6. The molecule has 18 heavy (non-hydrogen) atoms. The highest BCUT2D eigenvalue weighted by molar-refractivity contribution is 6.65. The van der Waals surface area contributed by atoms with Crippen molar-refractivity contribution in [3.63, 3.8) is 0 Å². The van der Waals surface area contributed by atoms with Gasteiger partial charge in [0, 0.05) is 14.2 Å².